The maximum atomic E-state index is 12.8. The second-order valence-corrected chi connectivity index (χ2v) is 18.1. The molecule has 0 radical (unpaired) electrons. The van der Waals surface area contributed by atoms with Gasteiger partial charge >= 0.3 is 17.9 Å². The molecular formula is C53H96NO8+. The van der Waals surface area contributed by atoms with Crippen LogP contribution in [-0.4, -0.2) is 87.4 Å². The van der Waals surface area contributed by atoms with E-state index < -0.39 is 24.3 Å². The van der Waals surface area contributed by atoms with Crippen LogP contribution in [0.2, 0.25) is 0 Å². The van der Waals surface area contributed by atoms with Gasteiger partial charge in [-0.25, -0.2) is 4.79 Å². The summed E-state index contributed by atoms with van der Waals surface area (Å²) in [5.74, 6) is -2.00. The highest BCUT2D eigenvalue weighted by molar-refractivity contribution is 5.71. The molecule has 62 heavy (non-hydrogen) atoms. The fourth-order valence-corrected chi connectivity index (χ4v) is 6.95. The first-order valence-electron chi connectivity index (χ1n) is 25.3. The largest absolute Gasteiger partial charge is 0.477 e. The van der Waals surface area contributed by atoms with Crippen LogP contribution >= 0.6 is 0 Å². The second kappa shape index (κ2) is 44.8. The summed E-state index contributed by atoms with van der Waals surface area (Å²) >= 11 is 0. The highest BCUT2D eigenvalue weighted by Crippen LogP contribution is 2.16. The minimum absolute atomic E-state index is 0.180. The number of rotatable bonds is 46. The number of allylic oxidation sites excluding steroid dienone is 8. The second-order valence-electron chi connectivity index (χ2n) is 18.1. The Labute approximate surface area is 381 Å². The van der Waals surface area contributed by atoms with Gasteiger partial charge in [0.1, 0.15) is 13.2 Å². The summed E-state index contributed by atoms with van der Waals surface area (Å²) in [6.45, 7) is 4.73. The zero-order valence-corrected chi connectivity index (χ0v) is 40.8. The molecule has 0 aromatic heterocycles. The third kappa shape index (κ3) is 45.3. The molecule has 0 aliphatic carbocycles. The Morgan fingerprint density at radius 3 is 1.37 bits per heavy atom. The first-order valence-corrected chi connectivity index (χ1v) is 25.3. The number of hydrogen-bond donors (Lipinski definition) is 1. The molecule has 0 saturated carbocycles. The molecule has 0 saturated heterocycles. The van der Waals surface area contributed by atoms with Crippen molar-refractivity contribution in [1.82, 2.24) is 0 Å². The highest BCUT2D eigenvalue weighted by Gasteiger charge is 2.25. The normalized spacial score (nSPS) is 13.2. The number of carboxylic acid groups (broad SMARTS) is 1. The Hall–Kier alpha value is -2.75. The number of esters is 2. The summed E-state index contributed by atoms with van der Waals surface area (Å²) in [7, 11) is 5.96. The molecule has 2 unspecified atom stereocenters. The Balaban J connectivity index is 4.09. The highest BCUT2D eigenvalue weighted by atomic mass is 16.7. The van der Waals surface area contributed by atoms with Gasteiger partial charge in [0.25, 0.3) is 6.29 Å². The molecule has 0 amide bonds. The Morgan fingerprint density at radius 1 is 0.500 bits per heavy atom. The molecule has 2 atom stereocenters. The van der Waals surface area contributed by atoms with Crippen molar-refractivity contribution in [2.45, 2.75) is 225 Å². The molecule has 0 spiro atoms. The molecule has 0 aromatic carbocycles. The number of quaternary nitrogens is 1. The zero-order chi connectivity index (χ0) is 45.6. The molecule has 1 N–H and O–H groups in total. The Bertz CT molecular complexity index is 1160. The monoisotopic (exact) mass is 875 g/mol. The average Bonchev–Trinajstić information content (AvgIpc) is 3.23. The topological polar surface area (TPSA) is 108 Å². The molecule has 360 valence electrons. The van der Waals surface area contributed by atoms with Gasteiger partial charge in [0.2, 0.25) is 0 Å². The predicted molar refractivity (Wildman–Crippen MR) is 258 cm³/mol. The molecule has 9 nitrogen and oxygen atoms in total. The standard InChI is InChI=1S/C53H95NO8/c1-6-8-10-12-14-16-17-18-19-20-21-22-23-24-25-26-27-28-29-30-31-32-33-34-35-36-38-40-42-44-51(56)62-49(48-61-53(52(57)58)59-46-45-54(3,4)5)47-60-50(55)43-41-39-37-15-13-11-9-7-2/h8,10,14,16,18-19,21-22,49,53H,6-7,9,11-13,15,17,20,23-48H2,1-5H3/p+1/b10-8-,16-14-,19-18-,22-21-. The third-order valence-corrected chi connectivity index (χ3v) is 10.8. The molecule has 0 aliphatic rings. The summed E-state index contributed by atoms with van der Waals surface area (Å²) in [5.41, 5.74) is 0. The lowest BCUT2D eigenvalue weighted by atomic mass is 10.0. The number of ether oxygens (including phenoxy) is 4. The Kier molecular flexibility index (Phi) is 42.9. The van der Waals surface area contributed by atoms with E-state index in [0.717, 1.165) is 64.2 Å². The summed E-state index contributed by atoms with van der Waals surface area (Å²) in [6, 6.07) is 0. The van der Waals surface area contributed by atoms with Crippen LogP contribution in [0.4, 0.5) is 0 Å². The van der Waals surface area contributed by atoms with Crippen molar-refractivity contribution >= 4 is 17.9 Å². The lowest BCUT2D eigenvalue weighted by Crippen LogP contribution is -2.40. The minimum atomic E-state index is -1.51. The van der Waals surface area contributed by atoms with E-state index in [-0.39, 0.29) is 32.2 Å². The van der Waals surface area contributed by atoms with Crippen LogP contribution in [0.25, 0.3) is 0 Å². The molecule has 0 aromatic rings. The molecule has 0 aliphatic heterocycles. The summed E-state index contributed by atoms with van der Waals surface area (Å²) in [4.78, 5) is 37.0. The average molecular weight is 875 g/mol. The third-order valence-electron chi connectivity index (χ3n) is 10.8. The molecule has 0 heterocycles. The van der Waals surface area contributed by atoms with Gasteiger partial charge in [-0.05, 0) is 51.4 Å². The van der Waals surface area contributed by atoms with E-state index in [9.17, 15) is 19.5 Å². The fraction of sp³-hybridized carbons (Fsp3) is 0.792. The van der Waals surface area contributed by atoms with E-state index >= 15 is 0 Å². The number of likely N-dealkylation sites (N-methyl/N-ethyl adjacent to an activating group) is 1. The van der Waals surface area contributed by atoms with E-state index in [0.29, 0.717) is 17.4 Å². The lowest BCUT2D eigenvalue weighted by Gasteiger charge is -2.25. The van der Waals surface area contributed by atoms with Crippen molar-refractivity contribution in [3.63, 3.8) is 0 Å². The van der Waals surface area contributed by atoms with Crippen molar-refractivity contribution in [1.29, 1.82) is 0 Å². The number of carbonyl (C=O) groups excluding carboxylic acids is 2. The number of carbonyl (C=O) groups is 3. The van der Waals surface area contributed by atoms with Gasteiger partial charge in [-0.1, -0.05) is 197 Å². The zero-order valence-electron chi connectivity index (χ0n) is 40.8. The number of carboxylic acids is 1. The van der Waals surface area contributed by atoms with Crippen molar-refractivity contribution in [3.8, 4) is 0 Å². The summed E-state index contributed by atoms with van der Waals surface area (Å²) in [5, 5.41) is 9.63. The van der Waals surface area contributed by atoms with Gasteiger partial charge in [0, 0.05) is 12.8 Å². The number of unbranched alkanes of at least 4 members (excludes halogenated alkanes) is 23. The maximum absolute atomic E-state index is 12.8. The van der Waals surface area contributed by atoms with Crippen LogP contribution in [-0.2, 0) is 33.3 Å². The van der Waals surface area contributed by atoms with Gasteiger partial charge in [-0.15, -0.1) is 0 Å². The van der Waals surface area contributed by atoms with E-state index in [4.69, 9.17) is 18.9 Å². The van der Waals surface area contributed by atoms with Crippen molar-refractivity contribution in [2.75, 3.05) is 47.5 Å². The van der Waals surface area contributed by atoms with E-state index in [1.54, 1.807) is 0 Å². The quantitative estimate of drug-likeness (QED) is 0.0212. The van der Waals surface area contributed by atoms with Crippen LogP contribution in [0.5, 0.6) is 0 Å². The van der Waals surface area contributed by atoms with Gasteiger partial charge in [0.05, 0.1) is 34.4 Å². The lowest BCUT2D eigenvalue weighted by molar-refractivity contribution is -0.870. The molecule has 0 rings (SSSR count). The molecule has 9 heteroatoms. The van der Waals surface area contributed by atoms with Crippen LogP contribution in [0.1, 0.15) is 213 Å². The maximum Gasteiger partial charge on any atom is 0.361 e. The van der Waals surface area contributed by atoms with Crippen LogP contribution < -0.4 is 0 Å². The van der Waals surface area contributed by atoms with Gasteiger partial charge in [-0.3, -0.25) is 9.59 Å². The Morgan fingerprint density at radius 2 is 0.919 bits per heavy atom. The number of nitrogens with zero attached hydrogens (tertiary/aromatic N) is 1. The van der Waals surface area contributed by atoms with E-state index in [2.05, 4.69) is 62.5 Å². The van der Waals surface area contributed by atoms with Gasteiger partial charge in [-0.2, -0.15) is 0 Å². The van der Waals surface area contributed by atoms with Crippen molar-refractivity contribution < 1.29 is 42.9 Å². The van der Waals surface area contributed by atoms with E-state index in [1.807, 2.05) is 21.1 Å². The fourth-order valence-electron chi connectivity index (χ4n) is 6.95. The van der Waals surface area contributed by atoms with Crippen LogP contribution in [0.3, 0.4) is 0 Å². The minimum Gasteiger partial charge on any atom is -0.477 e. The smallest absolute Gasteiger partial charge is 0.361 e. The van der Waals surface area contributed by atoms with Crippen molar-refractivity contribution in [2.24, 2.45) is 0 Å². The SMILES string of the molecule is CC/C=C\C/C=C\C/C=C\C/C=C\CCCCCCCCCCCCCCCCCCC(=O)OC(COC(=O)CCCCCCCCCC)COC(OCC[N+](C)(C)C)C(=O)O. The van der Waals surface area contributed by atoms with Gasteiger partial charge in [0.15, 0.2) is 6.10 Å². The van der Waals surface area contributed by atoms with E-state index in [1.165, 1.54) is 122 Å². The predicted octanol–water partition coefficient (Wildman–Crippen LogP) is 13.9. The molecule has 0 bridgehead atoms. The van der Waals surface area contributed by atoms with Crippen LogP contribution in [0, 0.1) is 0 Å². The molecular weight excluding hydrogens is 779 g/mol. The van der Waals surface area contributed by atoms with Crippen molar-refractivity contribution in [3.05, 3.63) is 48.6 Å². The van der Waals surface area contributed by atoms with Gasteiger partial charge < -0.3 is 28.5 Å². The first kappa shape index (κ1) is 59.2. The number of aliphatic carboxylic acids is 1. The summed E-state index contributed by atoms with van der Waals surface area (Å²) in [6.07, 6.45) is 50.6. The first-order chi connectivity index (χ1) is 30.1. The molecule has 0 fully saturated rings. The summed E-state index contributed by atoms with van der Waals surface area (Å²) < 4.78 is 22.7. The van der Waals surface area contributed by atoms with Crippen LogP contribution in [0.15, 0.2) is 48.6 Å². The number of hydrogen-bond acceptors (Lipinski definition) is 7.